The first-order valence-corrected chi connectivity index (χ1v) is 8.81. The van der Waals surface area contributed by atoms with Crippen LogP contribution in [0.25, 0.3) is 11.6 Å². The van der Waals surface area contributed by atoms with Gasteiger partial charge in [0.25, 0.3) is 0 Å². The van der Waals surface area contributed by atoms with E-state index in [0.29, 0.717) is 11.1 Å². The molecule has 0 atom stereocenters. The summed E-state index contributed by atoms with van der Waals surface area (Å²) in [6.45, 7) is 9.76. The molecule has 0 aliphatic carbocycles. The highest BCUT2D eigenvalue weighted by atomic mass is 19.1. The molecule has 0 aromatic heterocycles. The number of carbonyl (C=O) groups excluding carboxylic acids is 4. The molecule has 0 aliphatic rings. The van der Waals surface area contributed by atoms with Crippen LogP contribution in [-0.2, 0) is 28.7 Å². The van der Waals surface area contributed by atoms with Crippen LogP contribution in [-0.4, -0.2) is 23.9 Å². The smallest absolute Gasteiger partial charge is 0.346 e. The minimum absolute atomic E-state index is 0.0183. The average molecular weight is 440 g/mol. The van der Waals surface area contributed by atoms with Crippen LogP contribution in [0.5, 0.6) is 0 Å². The third-order valence-electron chi connectivity index (χ3n) is 3.45. The Morgan fingerprint density at radius 3 is 1.69 bits per heavy atom. The molecule has 0 radical (unpaired) electrons. The van der Waals surface area contributed by atoms with Crippen LogP contribution < -0.4 is 0 Å². The Morgan fingerprint density at radius 2 is 1.19 bits per heavy atom. The van der Waals surface area contributed by atoms with Gasteiger partial charge in [-0.2, -0.15) is 0 Å². The quantitative estimate of drug-likeness (QED) is 0.380. The monoisotopic (exact) mass is 440 g/mol. The minimum Gasteiger partial charge on any atom is -0.387 e. The van der Waals surface area contributed by atoms with Crippen LogP contribution in [0.3, 0.4) is 0 Å². The highest BCUT2D eigenvalue weighted by molar-refractivity contribution is 6.18. The van der Waals surface area contributed by atoms with Crippen molar-refractivity contribution in [3.63, 3.8) is 0 Å². The summed E-state index contributed by atoms with van der Waals surface area (Å²) >= 11 is 0. The number of halogens is 2. The van der Waals surface area contributed by atoms with Crippen molar-refractivity contribution in [2.45, 2.75) is 0 Å². The van der Waals surface area contributed by atoms with Crippen molar-refractivity contribution >= 4 is 35.5 Å². The van der Waals surface area contributed by atoms with Gasteiger partial charge in [0.05, 0.1) is 5.57 Å². The van der Waals surface area contributed by atoms with Crippen LogP contribution in [0.4, 0.5) is 8.78 Å². The summed E-state index contributed by atoms with van der Waals surface area (Å²) in [5.74, 6) is -4.12. The molecule has 0 heterocycles. The van der Waals surface area contributed by atoms with Gasteiger partial charge in [-0.1, -0.05) is 44.0 Å². The second-order valence-corrected chi connectivity index (χ2v) is 5.73. The van der Waals surface area contributed by atoms with Crippen LogP contribution in [0, 0.1) is 11.6 Å². The van der Waals surface area contributed by atoms with Gasteiger partial charge in [-0.15, -0.1) is 0 Å². The van der Waals surface area contributed by atoms with Gasteiger partial charge in [-0.05, 0) is 41.5 Å². The van der Waals surface area contributed by atoms with E-state index in [1.54, 1.807) is 0 Å². The first-order valence-electron chi connectivity index (χ1n) is 8.81. The number of hydrogen-bond acceptors (Lipinski definition) is 6. The Hall–Kier alpha value is -4.46. The predicted octanol–water partition coefficient (Wildman–Crippen LogP) is 4.19. The molecule has 0 saturated carbocycles. The molecule has 2 aromatic carbocycles. The van der Waals surface area contributed by atoms with Crippen LogP contribution in [0.2, 0.25) is 0 Å². The number of carbonyl (C=O) groups is 4. The van der Waals surface area contributed by atoms with E-state index in [-0.39, 0.29) is 11.4 Å². The lowest BCUT2D eigenvalue weighted by Crippen LogP contribution is -2.10. The normalized spacial score (nSPS) is 9.69. The Balaban J connectivity index is 0.000000320. The van der Waals surface area contributed by atoms with Crippen LogP contribution in [0.15, 0.2) is 86.5 Å². The number of benzene rings is 2. The number of hydrogen-bond donors (Lipinski definition) is 0. The molecule has 0 unspecified atom stereocenters. The van der Waals surface area contributed by atoms with Gasteiger partial charge in [0.1, 0.15) is 11.6 Å². The van der Waals surface area contributed by atoms with E-state index in [4.69, 9.17) is 0 Å². The predicted molar refractivity (Wildman–Crippen MR) is 113 cm³/mol. The van der Waals surface area contributed by atoms with Gasteiger partial charge in [0, 0.05) is 18.2 Å². The van der Waals surface area contributed by atoms with Crippen molar-refractivity contribution in [3.8, 4) is 0 Å². The molecule has 0 saturated heterocycles. The van der Waals surface area contributed by atoms with Crippen molar-refractivity contribution in [1.29, 1.82) is 0 Å². The second-order valence-electron chi connectivity index (χ2n) is 5.73. The average Bonchev–Trinajstić information content (AvgIpc) is 2.78. The minimum atomic E-state index is -0.878. The van der Waals surface area contributed by atoms with Crippen molar-refractivity contribution in [2.75, 3.05) is 0 Å². The molecule has 2 rings (SSSR count). The Morgan fingerprint density at radius 1 is 0.719 bits per heavy atom. The van der Waals surface area contributed by atoms with Crippen LogP contribution in [0.1, 0.15) is 11.1 Å². The summed E-state index contributed by atoms with van der Waals surface area (Å²) in [6, 6.07) is 10.6. The fourth-order valence-electron chi connectivity index (χ4n) is 1.88. The largest absolute Gasteiger partial charge is 0.387 e. The summed E-state index contributed by atoms with van der Waals surface area (Å²) in [7, 11) is 0. The Labute approximate surface area is 182 Å². The molecule has 8 heteroatoms. The molecule has 0 bridgehead atoms. The van der Waals surface area contributed by atoms with Gasteiger partial charge >= 0.3 is 23.9 Å². The first-order chi connectivity index (χ1) is 15.2. The van der Waals surface area contributed by atoms with Crippen molar-refractivity contribution in [1.82, 2.24) is 0 Å². The topological polar surface area (TPSA) is 86.7 Å². The van der Waals surface area contributed by atoms with Gasteiger partial charge in [-0.25, -0.2) is 28.0 Å². The molecular formula is C24H18F2O6. The molecular weight excluding hydrogens is 422 g/mol. The molecule has 2 aromatic rings. The number of rotatable bonds is 6. The van der Waals surface area contributed by atoms with E-state index in [0.717, 1.165) is 18.2 Å². The molecule has 0 amide bonds. The Kier molecular flexibility index (Phi) is 10.4. The maximum atomic E-state index is 12.6. The molecule has 0 aliphatic heterocycles. The zero-order chi connectivity index (χ0) is 24.1. The summed E-state index contributed by atoms with van der Waals surface area (Å²) in [6.07, 6.45) is 4.26. The second kappa shape index (κ2) is 13.0. The van der Waals surface area contributed by atoms with Gasteiger partial charge < -0.3 is 9.47 Å². The highest BCUT2D eigenvalue weighted by Gasteiger charge is 2.13. The van der Waals surface area contributed by atoms with Gasteiger partial charge in [-0.3, -0.25) is 0 Å². The Bertz CT molecular complexity index is 1050. The lowest BCUT2D eigenvalue weighted by molar-refractivity contribution is -0.153. The highest BCUT2D eigenvalue weighted by Crippen LogP contribution is 2.14. The molecule has 0 spiro atoms. The fraction of sp³-hybridized carbons (Fsp3) is 0. The maximum Gasteiger partial charge on any atom is 0.346 e. The van der Waals surface area contributed by atoms with Gasteiger partial charge in [0.2, 0.25) is 0 Å². The van der Waals surface area contributed by atoms with E-state index >= 15 is 0 Å². The number of esters is 4. The molecule has 0 N–H and O–H groups in total. The van der Waals surface area contributed by atoms with E-state index in [2.05, 4.69) is 29.2 Å². The number of ether oxygens (including phenoxy) is 2. The molecule has 0 fully saturated rings. The molecule has 6 nitrogen and oxygen atoms in total. The lowest BCUT2D eigenvalue weighted by atomic mass is 10.1. The summed E-state index contributed by atoms with van der Waals surface area (Å²) in [5, 5.41) is 0. The lowest BCUT2D eigenvalue weighted by Gasteiger charge is -2.03. The molecule has 164 valence electrons. The van der Waals surface area contributed by atoms with Crippen LogP contribution >= 0.6 is 0 Å². The third-order valence-corrected chi connectivity index (χ3v) is 3.45. The van der Waals surface area contributed by atoms with E-state index in [1.807, 2.05) is 0 Å². The SMILES string of the molecule is C=CC(=O)OC(=O)C(=C)c1ccc(F)cc1.C=CC(=O)OC(=O)C=Cc1ccc(F)cc1. The zero-order valence-electron chi connectivity index (χ0n) is 16.8. The van der Waals surface area contributed by atoms with Crippen molar-refractivity contribution in [3.05, 3.63) is 109 Å². The molecule has 32 heavy (non-hydrogen) atoms. The van der Waals surface area contributed by atoms with E-state index in [9.17, 15) is 28.0 Å². The van der Waals surface area contributed by atoms with Gasteiger partial charge in [0.15, 0.2) is 0 Å². The third kappa shape index (κ3) is 9.36. The fourth-order valence-corrected chi connectivity index (χ4v) is 1.88. The maximum absolute atomic E-state index is 12.6. The summed E-state index contributed by atoms with van der Waals surface area (Å²) < 4.78 is 33.8. The first kappa shape index (κ1) is 25.6. The summed E-state index contributed by atoms with van der Waals surface area (Å²) in [5.41, 5.74) is 1.00. The zero-order valence-corrected chi connectivity index (χ0v) is 16.8. The standard InChI is InChI=1S/2C12H9FO3/c1-3-11(14)16-12(15)8(2)9-4-6-10(13)7-5-9;1-2-11(14)16-12(15)8-5-9-3-6-10(13)7-4-9/h3-7H,1-2H2;2-8H,1H2. The van der Waals surface area contributed by atoms with Crippen molar-refractivity contribution < 1.29 is 37.4 Å². The van der Waals surface area contributed by atoms with E-state index in [1.165, 1.54) is 54.6 Å². The summed E-state index contributed by atoms with van der Waals surface area (Å²) in [4.78, 5) is 43.7. The van der Waals surface area contributed by atoms with E-state index < -0.39 is 29.7 Å². The van der Waals surface area contributed by atoms with Crippen molar-refractivity contribution in [2.24, 2.45) is 0 Å².